The average molecular weight is 256 g/mol. The number of hydrogen-bond acceptors (Lipinski definition) is 4. The molecular formula is C11H14ClN3O2. The molecule has 17 heavy (non-hydrogen) atoms. The van der Waals surface area contributed by atoms with Crippen molar-refractivity contribution >= 4 is 17.3 Å². The van der Waals surface area contributed by atoms with Gasteiger partial charge in [-0.3, -0.25) is 4.79 Å². The molecular weight excluding hydrogens is 242 g/mol. The molecule has 1 heterocycles. The zero-order valence-corrected chi connectivity index (χ0v) is 10.2. The van der Waals surface area contributed by atoms with E-state index in [1.54, 1.807) is 0 Å². The molecule has 0 bridgehead atoms. The van der Waals surface area contributed by atoms with Crippen LogP contribution < -0.4 is 10.9 Å². The van der Waals surface area contributed by atoms with Gasteiger partial charge in [-0.25, -0.2) is 4.68 Å². The highest BCUT2D eigenvalue weighted by Crippen LogP contribution is 2.14. The lowest BCUT2D eigenvalue weighted by atomic mass is 10.3. The van der Waals surface area contributed by atoms with E-state index in [1.807, 2.05) is 6.92 Å². The van der Waals surface area contributed by atoms with Crippen LogP contribution in [0.5, 0.6) is 0 Å². The molecule has 0 saturated carbocycles. The maximum absolute atomic E-state index is 11.9. The zero-order valence-electron chi connectivity index (χ0n) is 9.48. The highest BCUT2D eigenvalue weighted by Gasteiger charge is 2.10. The van der Waals surface area contributed by atoms with Crippen molar-refractivity contribution < 1.29 is 5.11 Å². The van der Waals surface area contributed by atoms with Gasteiger partial charge in [-0.05, 0) is 6.42 Å². The SMILES string of the molecule is C#CCn1ncc(Cl)c(NCC(O)CC)c1=O. The number of aromatic nitrogens is 2. The lowest BCUT2D eigenvalue weighted by Gasteiger charge is -2.12. The molecule has 92 valence electrons. The Morgan fingerprint density at radius 1 is 1.76 bits per heavy atom. The van der Waals surface area contributed by atoms with E-state index in [1.165, 1.54) is 6.20 Å². The second-order valence-corrected chi connectivity index (χ2v) is 3.88. The van der Waals surface area contributed by atoms with Gasteiger partial charge in [0.1, 0.15) is 12.2 Å². The van der Waals surface area contributed by atoms with Gasteiger partial charge in [-0.1, -0.05) is 24.4 Å². The molecule has 0 spiro atoms. The van der Waals surface area contributed by atoms with Gasteiger partial charge in [-0.2, -0.15) is 5.10 Å². The number of nitrogens with one attached hydrogen (secondary N) is 1. The summed E-state index contributed by atoms with van der Waals surface area (Å²) < 4.78 is 1.13. The highest BCUT2D eigenvalue weighted by atomic mass is 35.5. The Morgan fingerprint density at radius 2 is 2.47 bits per heavy atom. The van der Waals surface area contributed by atoms with Crippen molar-refractivity contribution in [3.8, 4) is 12.3 Å². The first kappa shape index (κ1) is 13.6. The molecule has 0 aromatic carbocycles. The smallest absolute Gasteiger partial charge is 0.292 e. The fourth-order valence-electron chi connectivity index (χ4n) is 1.19. The van der Waals surface area contributed by atoms with E-state index < -0.39 is 11.7 Å². The fourth-order valence-corrected chi connectivity index (χ4v) is 1.38. The van der Waals surface area contributed by atoms with Crippen LogP contribution in [0.4, 0.5) is 5.69 Å². The number of rotatable bonds is 5. The second-order valence-electron chi connectivity index (χ2n) is 3.48. The molecule has 1 atom stereocenters. The summed E-state index contributed by atoms with van der Waals surface area (Å²) in [4.78, 5) is 11.9. The largest absolute Gasteiger partial charge is 0.391 e. The van der Waals surface area contributed by atoms with Gasteiger partial charge in [-0.15, -0.1) is 6.42 Å². The summed E-state index contributed by atoms with van der Waals surface area (Å²) >= 11 is 5.86. The van der Waals surface area contributed by atoms with Crippen molar-refractivity contribution in [3.05, 3.63) is 21.6 Å². The highest BCUT2D eigenvalue weighted by molar-refractivity contribution is 6.32. The quantitative estimate of drug-likeness (QED) is 0.761. The zero-order chi connectivity index (χ0) is 12.8. The third-order valence-electron chi connectivity index (χ3n) is 2.22. The van der Waals surface area contributed by atoms with E-state index >= 15 is 0 Å². The summed E-state index contributed by atoms with van der Waals surface area (Å²) in [5.41, 5.74) is -0.178. The molecule has 0 fully saturated rings. The van der Waals surface area contributed by atoms with E-state index in [-0.39, 0.29) is 23.8 Å². The Bertz CT molecular complexity index is 479. The predicted octanol–water partition coefficient (Wildman–Crippen LogP) is 0.713. The standard InChI is InChI=1S/C11H14ClN3O2/c1-3-5-15-11(17)10(9(12)7-14-15)13-6-8(16)4-2/h1,7-8,13,16H,4-6H2,2H3. The number of aliphatic hydroxyl groups is 1. The van der Waals surface area contributed by atoms with Crippen molar-refractivity contribution in [2.45, 2.75) is 26.0 Å². The third-order valence-corrected chi connectivity index (χ3v) is 2.51. The van der Waals surface area contributed by atoms with Crippen LogP contribution in [0.3, 0.4) is 0 Å². The van der Waals surface area contributed by atoms with Gasteiger partial charge in [0.15, 0.2) is 0 Å². The minimum absolute atomic E-state index is 0.0843. The molecule has 1 rings (SSSR count). The molecule has 0 aliphatic carbocycles. The van der Waals surface area contributed by atoms with Crippen molar-refractivity contribution in [3.63, 3.8) is 0 Å². The van der Waals surface area contributed by atoms with Crippen LogP contribution in [0.15, 0.2) is 11.0 Å². The summed E-state index contributed by atoms with van der Waals surface area (Å²) in [6.45, 7) is 2.18. The molecule has 2 N–H and O–H groups in total. The van der Waals surface area contributed by atoms with Crippen LogP contribution in [0.25, 0.3) is 0 Å². The van der Waals surface area contributed by atoms with Crippen molar-refractivity contribution in [1.29, 1.82) is 0 Å². The van der Waals surface area contributed by atoms with E-state index in [4.69, 9.17) is 18.0 Å². The van der Waals surface area contributed by atoms with E-state index in [9.17, 15) is 9.90 Å². The van der Waals surface area contributed by atoms with E-state index in [0.29, 0.717) is 6.42 Å². The first-order valence-corrected chi connectivity index (χ1v) is 5.59. The Hall–Kier alpha value is -1.51. The van der Waals surface area contributed by atoms with Gasteiger partial charge >= 0.3 is 0 Å². The van der Waals surface area contributed by atoms with Gasteiger partial charge in [0.25, 0.3) is 5.56 Å². The summed E-state index contributed by atoms with van der Waals surface area (Å²) in [6.07, 6.45) is 6.53. The summed E-state index contributed by atoms with van der Waals surface area (Å²) in [5, 5.41) is 16.2. The van der Waals surface area contributed by atoms with Crippen LogP contribution in [-0.2, 0) is 6.54 Å². The van der Waals surface area contributed by atoms with Gasteiger partial charge in [0, 0.05) is 6.54 Å². The molecule has 0 aliphatic heterocycles. The Kier molecular flexibility index (Phi) is 5.01. The van der Waals surface area contributed by atoms with Gasteiger partial charge in [0.05, 0.1) is 17.3 Å². The molecule has 1 unspecified atom stereocenters. The van der Waals surface area contributed by atoms with Crippen molar-refractivity contribution in [1.82, 2.24) is 9.78 Å². The van der Waals surface area contributed by atoms with Crippen LogP contribution >= 0.6 is 11.6 Å². The molecule has 5 nitrogen and oxygen atoms in total. The number of nitrogens with zero attached hydrogens (tertiary/aromatic N) is 2. The first-order chi connectivity index (χ1) is 8.10. The molecule has 0 saturated heterocycles. The summed E-state index contributed by atoms with van der Waals surface area (Å²) in [7, 11) is 0. The topological polar surface area (TPSA) is 67.2 Å². The number of aliphatic hydroxyl groups excluding tert-OH is 1. The Labute approximate surface area is 104 Å². The molecule has 0 aliphatic rings. The molecule has 0 amide bonds. The van der Waals surface area contributed by atoms with Gasteiger partial charge in [0.2, 0.25) is 0 Å². The van der Waals surface area contributed by atoms with Crippen molar-refractivity contribution in [2.24, 2.45) is 0 Å². The molecule has 6 heteroatoms. The normalized spacial score (nSPS) is 11.9. The molecule has 1 aromatic heterocycles. The Morgan fingerprint density at radius 3 is 3.06 bits per heavy atom. The monoisotopic (exact) mass is 255 g/mol. The molecule has 0 radical (unpaired) electrons. The average Bonchev–Trinajstić information content (AvgIpc) is 2.32. The van der Waals surface area contributed by atoms with Crippen LogP contribution in [0, 0.1) is 12.3 Å². The third kappa shape index (κ3) is 3.48. The van der Waals surface area contributed by atoms with E-state index in [0.717, 1.165) is 4.68 Å². The summed E-state index contributed by atoms with van der Waals surface area (Å²) in [5.74, 6) is 2.33. The first-order valence-electron chi connectivity index (χ1n) is 5.21. The second kappa shape index (κ2) is 6.28. The maximum Gasteiger partial charge on any atom is 0.292 e. The number of anilines is 1. The van der Waals surface area contributed by atoms with Crippen LogP contribution in [0.1, 0.15) is 13.3 Å². The van der Waals surface area contributed by atoms with Gasteiger partial charge < -0.3 is 10.4 Å². The number of terminal acetylenes is 1. The maximum atomic E-state index is 11.9. The lowest BCUT2D eigenvalue weighted by Crippen LogP contribution is -2.28. The number of halogens is 1. The van der Waals surface area contributed by atoms with Crippen molar-refractivity contribution in [2.75, 3.05) is 11.9 Å². The predicted molar refractivity (Wildman–Crippen MR) is 67.1 cm³/mol. The number of hydrogen-bond donors (Lipinski definition) is 2. The fraction of sp³-hybridized carbons (Fsp3) is 0.455. The Balaban J connectivity index is 2.94. The lowest BCUT2D eigenvalue weighted by molar-refractivity contribution is 0.183. The minimum Gasteiger partial charge on any atom is -0.391 e. The van der Waals surface area contributed by atoms with Crippen LogP contribution in [-0.4, -0.2) is 27.5 Å². The van der Waals surface area contributed by atoms with E-state index in [2.05, 4.69) is 16.3 Å². The minimum atomic E-state index is -0.528. The molecule has 1 aromatic rings. The summed E-state index contributed by atoms with van der Waals surface area (Å²) in [6, 6.07) is 0. The van der Waals surface area contributed by atoms with Crippen LogP contribution in [0.2, 0.25) is 5.02 Å².